The molecule has 0 unspecified atom stereocenters. The van der Waals surface area contributed by atoms with Crippen molar-refractivity contribution in [3.63, 3.8) is 0 Å². The van der Waals surface area contributed by atoms with Crippen LogP contribution >= 0.6 is 0 Å². The summed E-state index contributed by atoms with van der Waals surface area (Å²) in [5.41, 5.74) is -0.606. The third-order valence-corrected chi connectivity index (χ3v) is 3.04. The average molecular weight is 283 g/mol. The number of amides is 2. The minimum atomic E-state index is -1.07. The van der Waals surface area contributed by atoms with Gasteiger partial charge in [0.1, 0.15) is 5.60 Å². The van der Waals surface area contributed by atoms with Crippen molar-refractivity contribution in [2.75, 3.05) is 13.1 Å². The highest BCUT2D eigenvalue weighted by atomic mass is 16.6. The first kappa shape index (κ1) is 16.1. The Morgan fingerprint density at radius 3 is 2.40 bits per heavy atom. The third kappa shape index (κ3) is 4.02. The molecule has 0 spiro atoms. The average Bonchev–Trinajstić information content (AvgIpc) is 2.28. The lowest BCUT2D eigenvalue weighted by Crippen LogP contribution is -2.60. The van der Waals surface area contributed by atoms with Crippen molar-refractivity contribution in [3.8, 4) is 6.07 Å². The van der Waals surface area contributed by atoms with Gasteiger partial charge >= 0.3 is 12.2 Å². The van der Waals surface area contributed by atoms with E-state index in [-0.39, 0.29) is 25.6 Å². The van der Waals surface area contributed by atoms with E-state index in [9.17, 15) is 9.59 Å². The van der Waals surface area contributed by atoms with Gasteiger partial charge in [0.05, 0.1) is 24.6 Å². The highest BCUT2D eigenvalue weighted by molar-refractivity contribution is 5.70. The van der Waals surface area contributed by atoms with Gasteiger partial charge in [-0.25, -0.2) is 9.59 Å². The summed E-state index contributed by atoms with van der Waals surface area (Å²) in [6.45, 7) is 7.45. The maximum absolute atomic E-state index is 12.1. The summed E-state index contributed by atoms with van der Waals surface area (Å²) >= 11 is 0. The molecule has 1 fully saturated rings. The van der Waals surface area contributed by atoms with E-state index in [0.29, 0.717) is 0 Å². The van der Waals surface area contributed by atoms with E-state index in [2.05, 4.69) is 0 Å². The Balaban J connectivity index is 2.83. The van der Waals surface area contributed by atoms with Crippen LogP contribution < -0.4 is 0 Å². The number of carbonyl (C=O) groups is 2. The standard InChI is InChI=1S/C13H21N3O4/c1-9-7-16(11(17)18)10(5-6-14)8-15(9)12(19)20-13(2,3)4/h9-10H,5,7-8H2,1-4H3,(H,17,18)/t9-,10-/m0/s1. The molecule has 1 N–H and O–H groups in total. The molecule has 0 radical (unpaired) electrons. The Labute approximate surface area is 118 Å². The quantitative estimate of drug-likeness (QED) is 0.793. The van der Waals surface area contributed by atoms with Crippen molar-refractivity contribution in [2.45, 2.75) is 51.8 Å². The van der Waals surface area contributed by atoms with Gasteiger partial charge in [0.15, 0.2) is 0 Å². The second-order valence-corrected chi connectivity index (χ2v) is 5.93. The van der Waals surface area contributed by atoms with E-state index in [1.54, 1.807) is 27.7 Å². The Morgan fingerprint density at radius 1 is 1.35 bits per heavy atom. The molecule has 0 aromatic carbocycles. The topological polar surface area (TPSA) is 93.9 Å². The first-order valence-corrected chi connectivity index (χ1v) is 6.52. The summed E-state index contributed by atoms with van der Waals surface area (Å²) in [5, 5.41) is 17.9. The molecule has 112 valence electrons. The van der Waals surface area contributed by atoms with Gasteiger partial charge in [0, 0.05) is 13.1 Å². The van der Waals surface area contributed by atoms with Gasteiger partial charge in [-0.1, -0.05) is 0 Å². The van der Waals surface area contributed by atoms with Crippen LogP contribution in [0, 0.1) is 11.3 Å². The molecule has 0 bridgehead atoms. The molecule has 1 saturated heterocycles. The van der Waals surface area contributed by atoms with Crippen molar-refractivity contribution < 1.29 is 19.4 Å². The van der Waals surface area contributed by atoms with Gasteiger partial charge in [-0.3, -0.25) is 0 Å². The molecule has 2 amide bonds. The third-order valence-electron chi connectivity index (χ3n) is 3.04. The highest BCUT2D eigenvalue weighted by Gasteiger charge is 2.38. The molecular formula is C13H21N3O4. The minimum Gasteiger partial charge on any atom is -0.465 e. The normalized spacial score (nSPS) is 23.1. The molecule has 1 rings (SSSR count). The molecule has 0 aliphatic carbocycles. The molecule has 0 aromatic heterocycles. The van der Waals surface area contributed by atoms with Crippen LogP contribution in [-0.4, -0.2) is 57.9 Å². The Bertz CT molecular complexity index is 424. The maximum Gasteiger partial charge on any atom is 0.410 e. The first-order chi connectivity index (χ1) is 9.15. The largest absolute Gasteiger partial charge is 0.465 e. The van der Waals surface area contributed by atoms with Crippen LogP contribution in [0.25, 0.3) is 0 Å². The lowest BCUT2D eigenvalue weighted by atomic mass is 10.1. The molecule has 7 nitrogen and oxygen atoms in total. The van der Waals surface area contributed by atoms with Crippen molar-refractivity contribution in [3.05, 3.63) is 0 Å². The SMILES string of the molecule is C[C@H]1CN(C(=O)O)[C@@H](CC#N)CN1C(=O)OC(C)(C)C. The summed E-state index contributed by atoms with van der Waals surface area (Å²) in [7, 11) is 0. The number of nitrogens with zero attached hydrogens (tertiary/aromatic N) is 3. The van der Waals surface area contributed by atoms with Crippen LogP contribution in [0.5, 0.6) is 0 Å². The zero-order chi connectivity index (χ0) is 15.5. The summed E-state index contributed by atoms with van der Waals surface area (Å²) in [4.78, 5) is 26.0. The fraction of sp³-hybridized carbons (Fsp3) is 0.769. The number of ether oxygens (including phenoxy) is 1. The Kier molecular flexibility index (Phi) is 4.82. The van der Waals surface area contributed by atoms with E-state index in [0.717, 1.165) is 0 Å². The Hall–Kier alpha value is -1.97. The van der Waals surface area contributed by atoms with Gasteiger partial charge in [-0.15, -0.1) is 0 Å². The zero-order valence-corrected chi connectivity index (χ0v) is 12.3. The lowest BCUT2D eigenvalue weighted by Gasteiger charge is -2.43. The van der Waals surface area contributed by atoms with Gasteiger partial charge in [-0.2, -0.15) is 5.26 Å². The molecule has 1 aliphatic rings. The van der Waals surface area contributed by atoms with Gasteiger partial charge < -0.3 is 19.6 Å². The Morgan fingerprint density at radius 2 is 1.95 bits per heavy atom. The van der Waals surface area contributed by atoms with Crippen LogP contribution in [0.4, 0.5) is 9.59 Å². The summed E-state index contributed by atoms with van der Waals surface area (Å²) in [6, 6.07) is 1.17. The van der Waals surface area contributed by atoms with Crippen molar-refractivity contribution in [2.24, 2.45) is 0 Å². The predicted molar refractivity (Wildman–Crippen MR) is 71.2 cm³/mol. The number of carbonyl (C=O) groups excluding carboxylic acids is 1. The number of piperazine rings is 1. The number of carboxylic acid groups (broad SMARTS) is 1. The molecule has 0 saturated carbocycles. The van der Waals surface area contributed by atoms with Crippen LogP contribution in [0.1, 0.15) is 34.1 Å². The minimum absolute atomic E-state index is 0.0539. The van der Waals surface area contributed by atoms with Crippen molar-refractivity contribution in [1.82, 2.24) is 9.80 Å². The van der Waals surface area contributed by atoms with Crippen LogP contribution in [0.2, 0.25) is 0 Å². The molecule has 1 heterocycles. The van der Waals surface area contributed by atoms with Gasteiger partial charge in [-0.05, 0) is 27.7 Å². The van der Waals surface area contributed by atoms with E-state index >= 15 is 0 Å². The maximum atomic E-state index is 12.1. The van der Waals surface area contributed by atoms with E-state index < -0.39 is 23.8 Å². The lowest BCUT2D eigenvalue weighted by molar-refractivity contribution is -0.00912. The predicted octanol–water partition coefficient (Wildman–Crippen LogP) is 1.89. The van der Waals surface area contributed by atoms with E-state index in [1.807, 2.05) is 6.07 Å². The number of rotatable bonds is 1. The van der Waals surface area contributed by atoms with Crippen LogP contribution in [-0.2, 0) is 4.74 Å². The van der Waals surface area contributed by atoms with E-state index in [4.69, 9.17) is 15.1 Å². The van der Waals surface area contributed by atoms with Crippen molar-refractivity contribution in [1.29, 1.82) is 5.26 Å². The zero-order valence-electron chi connectivity index (χ0n) is 12.3. The number of nitriles is 1. The van der Waals surface area contributed by atoms with Crippen LogP contribution in [0.3, 0.4) is 0 Å². The van der Waals surface area contributed by atoms with Crippen LogP contribution in [0.15, 0.2) is 0 Å². The second kappa shape index (κ2) is 5.99. The monoisotopic (exact) mass is 283 g/mol. The van der Waals surface area contributed by atoms with Gasteiger partial charge in [0.25, 0.3) is 0 Å². The molecule has 20 heavy (non-hydrogen) atoms. The fourth-order valence-electron chi connectivity index (χ4n) is 2.13. The fourth-order valence-corrected chi connectivity index (χ4v) is 2.13. The number of hydrogen-bond donors (Lipinski definition) is 1. The molecule has 1 aliphatic heterocycles. The molecule has 7 heteroatoms. The smallest absolute Gasteiger partial charge is 0.410 e. The second-order valence-electron chi connectivity index (χ2n) is 5.93. The summed E-state index contributed by atoms with van der Waals surface area (Å²) in [6.07, 6.45) is -1.49. The van der Waals surface area contributed by atoms with E-state index in [1.165, 1.54) is 9.80 Å². The van der Waals surface area contributed by atoms with Crippen molar-refractivity contribution >= 4 is 12.2 Å². The number of hydrogen-bond acceptors (Lipinski definition) is 4. The highest BCUT2D eigenvalue weighted by Crippen LogP contribution is 2.20. The first-order valence-electron chi connectivity index (χ1n) is 6.52. The molecular weight excluding hydrogens is 262 g/mol. The molecule has 2 atom stereocenters. The summed E-state index contributed by atoms with van der Waals surface area (Å²) < 4.78 is 5.31. The van der Waals surface area contributed by atoms with Gasteiger partial charge in [0.2, 0.25) is 0 Å². The summed E-state index contributed by atoms with van der Waals surface area (Å²) in [5.74, 6) is 0. The molecule has 0 aromatic rings.